The molecule has 2 rings (SSSR count). The predicted octanol–water partition coefficient (Wildman–Crippen LogP) is 1.44. The average molecular weight is 199 g/mol. The highest BCUT2D eigenvalue weighted by molar-refractivity contribution is 5.68. The first-order valence-corrected chi connectivity index (χ1v) is 5.09. The maximum atomic E-state index is 11.4. The first-order chi connectivity index (χ1) is 6.44. The van der Waals surface area contributed by atoms with Crippen LogP contribution in [0, 0.1) is 0 Å². The van der Waals surface area contributed by atoms with Crippen LogP contribution in [0.3, 0.4) is 0 Å². The molecular weight excluding hydrogens is 182 g/mol. The van der Waals surface area contributed by atoms with Crippen LogP contribution in [0.4, 0.5) is 4.79 Å². The number of carbonyl (C=O) groups is 1. The number of rotatable bonds is 1. The summed E-state index contributed by atoms with van der Waals surface area (Å²) in [6.07, 6.45) is 2.35. The van der Waals surface area contributed by atoms with E-state index in [1.807, 2.05) is 20.8 Å². The van der Waals surface area contributed by atoms with Crippen molar-refractivity contribution < 1.29 is 14.3 Å². The summed E-state index contributed by atoms with van der Waals surface area (Å²) < 4.78 is 10.4. The van der Waals surface area contributed by atoms with Gasteiger partial charge in [-0.15, -0.1) is 0 Å². The van der Waals surface area contributed by atoms with Gasteiger partial charge in [0.2, 0.25) is 0 Å². The molecule has 2 aliphatic rings. The maximum absolute atomic E-state index is 11.4. The Balaban J connectivity index is 1.72. The summed E-state index contributed by atoms with van der Waals surface area (Å²) >= 11 is 0. The van der Waals surface area contributed by atoms with Gasteiger partial charge < -0.3 is 14.8 Å². The van der Waals surface area contributed by atoms with Crippen molar-refractivity contribution in [2.45, 2.75) is 57.5 Å². The van der Waals surface area contributed by atoms with Crippen LogP contribution in [0.25, 0.3) is 0 Å². The smallest absolute Gasteiger partial charge is 0.407 e. The van der Waals surface area contributed by atoms with Crippen molar-refractivity contribution in [2.75, 3.05) is 0 Å². The van der Waals surface area contributed by atoms with E-state index in [2.05, 4.69) is 5.32 Å². The number of carbonyl (C=O) groups excluding carboxylic acids is 1. The summed E-state index contributed by atoms with van der Waals surface area (Å²) in [6, 6.07) is 0.244. The van der Waals surface area contributed by atoms with Gasteiger partial charge in [-0.25, -0.2) is 4.79 Å². The monoisotopic (exact) mass is 199 g/mol. The molecule has 1 saturated heterocycles. The van der Waals surface area contributed by atoms with E-state index < -0.39 is 5.60 Å². The van der Waals surface area contributed by atoms with Crippen LogP contribution in [-0.4, -0.2) is 29.9 Å². The molecule has 1 aliphatic carbocycles. The van der Waals surface area contributed by atoms with E-state index in [1.54, 1.807) is 0 Å². The molecule has 1 amide bonds. The van der Waals surface area contributed by atoms with Crippen LogP contribution in [-0.2, 0) is 9.47 Å². The van der Waals surface area contributed by atoms with Crippen molar-refractivity contribution in [1.29, 1.82) is 0 Å². The fourth-order valence-electron chi connectivity index (χ4n) is 1.84. The van der Waals surface area contributed by atoms with Crippen LogP contribution >= 0.6 is 0 Å². The van der Waals surface area contributed by atoms with E-state index in [4.69, 9.17) is 9.47 Å². The lowest BCUT2D eigenvalue weighted by Crippen LogP contribution is -2.38. The number of fused-ring (bicyclic) bond motifs is 1. The molecule has 4 nitrogen and oxygen atoms in total. The summed E-state index contributed by atoms with van der Waals surface area (Å²) in [5.74, 6) is 0. The Morgan fingerprint density at radius 3 is 2.43 bits per heavy atom. The van der Waals surface area contributed by atoms with Gasteiger partial charge in [0.15, 0.2) is 0 Å². The van der Waals surface area contributed by atoms with Gasteiger partial charge in [0.1, 0.15) is 5.60 Å². The van der Waals surface area contributed by atoms with Crippen molar-refractivity contribution >= 4 is 6.09 Å². The molecule has 1 N–H and O–H groups in total. The zero-order valence-corrected chi connectivity index (χ0v) is 8.87. The molecule has 2 fully saturated rings. The molecule has 1 aliphatic heterocycles. The fourth-order valence-corrected chi connectivity index (χ4v) is 1.84. The van der Waals surface area contributed by atoms with Crippen molar-refractivity contribution in [2.24, 2.45) is 0 Å². The van der Waals surface area contributed by atoms with E-state index in [0.717, 1.165) is 12.8 Å². The average Bonchev–Trinajstić information content (AvgIpc) is 2.54. The van der Waals surface area contributed by atoms with Gasteiger partial charge in [0.05, 0.1) is 12.2 Å². The molecule has 0 aromatic heterocycles. The molecule has 80 valence electrons. The lowest BCUT2D eigenvalue weighted by Gasteiger charge is -2.22. The SMILES string of the molecule is CC(C)(C)OC(=O)N[C@H]1C[C@@H]2O[C@@H]2C1. The highest BCUT2D eigenvalue weighted by atomic mass is 16.6. The third-order valence-electron chi connectivity index (χ3n) is 2.44. The number of epoxide rings is 1. The van der Waals surface area contributed by atoms with Crippen molar-refractivity contribution in [3.63, 3.8) is 0 Å². The van der Waals surface area contributed by atoms with E-state index >= 15 is 0 Å². The molecule has 4 heteroatoms. The number of amides is 1. The van der Waals surface area contributed by atoms with Crippen LogP contribution in [0.1, 0.15) is 33.6 Å². The van der Waals surface area contributed by atoms with E-state index in [1.165, 1.54) is 0 Å². The van der Waals surface area contributed by atoms with Gasteiger partial charge >= 0.3 is 6.09 Å². The molecule has 0 bridgehead atoms. The molecule has 0 aromatic rings. The molecule has 0 spiro atoms. The van der Waals surface area contributed by atoms with Gasteiger partial charge in [-0.05, 0) is 33.6 Å². The Labute approximate surface area is 84.0 Å². The largest absolute Gasteiger partial charge is 0.444 e. The number of nitrogens with one attached hydrogen (secondary N) is 1. The quantitative estimate of drug-likeness (QED) is 0.650. The molecular formula is C10H17NO3. The van der Waals surface area contributed by atoms with Gasteiger partial charge in [-0.1, -0.05) is 0 Å². The molecule has 1 saturated carbocycles. The van der Waals surface area contributed by atoms with Gasteiger partial charge in [0, 0.05) is 6.04 Å². The second-order valence-electron chi connectivity index (χ2n) is 5.03. The Bertz CT molecular complexity index is 236. The first-order valence-electron chi connectivity index (χ1n) is 5.09. The molecule has 3 atom stereocenters. The summed E-state index contributed by atoms with van der Waals surface area (Å²) in [5, 5.41) is 2.86. The summed E-state index contributed by atoms with van der Waals surface area (Å²) in [7, 11) is 0. The Morgan fingerprint density at radius 1 is 1.36 bits per heavy atom. The highest BCUT2D eigenvalue weighted by Crippen LogP contribution is 2.38. The Kier molecular flexibility index (Phi) is 2.18. The summed E-state index contributed by atoms with van der Waals surface area (Å²) in [6.45, 7) is 5.59. The minimum atomic E-state index is -0.415. The van der Waals surface area contributed by atoms with Gasteiger partial charge in [-0.2, -0.15) is 0 Å². The molecule has 0 aromatic carbocycles. The van der Waals surface area contributed by atoms with Crippen molar-refractivity contribution in [3.8, 4) is 0 Å². The predicted molar refractivity (Wildman–Crippen MR) is 51.1 cm³/mol. The van der Waals surface area contributed by atoms with Crippen LogP contribution in [0.15, 0.2) is 0 Å². The van der Waals surface area contributed by atoms with Gasteiger partial charge in [0.25, 0.3) is 0 Å². The number of hydrogen-bond donors (Lipinski definition) is 1. The van der Waals surface area contributed by atoms with Crippen LogP contribution in [0.2, 0.25) is 0 Å². The second-order valence-corrected chi connectivity index (χ2v) is 5.03. The van der Waals surface area contributed by atoms with E-state index in [0.29, 0.717) is 12.2 Å². The Hall–Kier alpha value is -0.770. The zero-order chi connectivity index (χ0) is 10.3. The zero-order valence-electron chi connectivity index (χ0n) is 8.87. The van der Waals surface area contributed by atoms with Crippen LogP contribution in [0.5, 0.6) is 0 Å². The fraction of sp³-hybridized carbons (Fsp3) is 0.900. The van der Waals surface area contributed by atoms with Crippen LogP contribution < -0.4 is 5.32 Å². The minimum Gasteiger partial charge on any atom is -0.444 e. The lowest BCUT2D eigenvalue weighted by atomic mass is 10.2. The third kappa shape index (κ3) is 2.38. The highest BCUT2D eigenvalue weighted by Gasteiger charge is 2.48. The number of hydrogen-bond acceptors (Lipinski definition) is 3. The molecule has 0 radical (unpaired) electrons. The minimum absolute atomic E-state index is 0.244. The summed E-state index contributed by atoms with van der Waals surface area (Å²) in [5.41, 5.74) is -0.415. The topological polar surface area (TPSA) is 50.9 Å². The number of alkyl carbamates (subject to hydrolysis) is 1. The second kappa shape index (κ2) is 3.12. The maximum Gasteiger partial charge on any atom is 0.407 e. The van der Waals surface area contributed by atoms with Crippen molar-refractivity contribution in [3.05, 3.63) is 0 Å². The molecule has 1 heterocycles. The van der Waals surface area contributed by atoms with Crippen molar-refractivity contribution in [1.82, 2.24) is 5.32 Å². The van der Waals surface area contributed by atoms with E-state index in [-0.39, 0.29) is 12.1 Å². The summed E-state index contributed by atoms with van der Waals surface area (Å²) in [4.78, 5) is 11.4. The van der Waals surface area contributed by atoms with E-state index in [9.17, 15) is 4.79 Å². The molecule has 14 heavy (non-hydrogen) atoms. The van der Waals surface area contributed by atoms with Gasteiger partial charge in [-0.3, -0.25) is 0 Å². The first kappa shape index (κ1) is 9.77. The molecule has 0 unspecified atom stereocenters. The standard InChI is InChI=1S/C10H17NO3/c1-10(2,3)14-9(12)11-6-4-7-8(5-6)13-7/h6-8H,4-5H2,1-3H3,(H,11,12)/t6-,7-,8+. The Morgan fingerprint density at radius 2 is 1.93 bits per heavy atom. The normalized spacial score (nSPS) is 34.9. The number of ether oxygens (including phenoxy) is 2. The lowest BCUT2D eigenvalue weighted by molar-refractivity contribution is 0.0496. The third-order valence-corrected chi connectivity index (χ3v) is 2.44.